The van der Waals surface area contributed by atoms with Crippen LogP contribution in [0.4, 0.5) is 5.82 Å². The van der Waals surface area contributed by atoms with Crippen molar-refractivity contribution in [3.63, 3.8) is 0 Å². The highest BCUT2D eigenvalue weighted by atomic mass is 32.1. The predicted octanol–water partition coefficient (Wildman–Crippen LogP) is 5.44. The van der Waals surface area contributed by atoms with Gasteiger partial charge in [0.25, 0.3) is 0 Å². The highest BCUT2D eigenvalue weighted by Gasteiger charge is 2.20. The summed E-state index contributed by atoms with van der Waals surface area (Å²) in [6.07, 6.45) is 3.22. The summed E-state index contributed by atoms with van der Waals surface area (Å²) >= 11 is 3.08. The molecule has 0 radical (unpaired) electrons. The fourth-order valence-electron chi connectivity index (χ4n) is 2.89. The maximum Gasteiger partial charge on any atom is 0.167 e. The average Bonchev–Trinajstić information content (AvgIpc) is 3.32. The fourth-order valence-corrected chi connectivity index (χ4v) is 4.85. The van der Waals surface area contributed by atoms with Crippen molar-refractivity contribution in [1.29, 1.82) is 5.26 Å². The van der Waals surface area contributed by atoms with Crippen molar-refractivity contribution in [3.05, 3.63) is 58.0 Å². The lowest BCUT2D eigenvalue weighted by Crippen LogP contribution is -1.94. The van der Waals surface area contributed by atoms with Crippen molar-refractivity contribution in [1.82, 2.24) is 9.97 Å². The van der Waals surface area contributed by atoms with Crippen molar-refractivity contribution in [2.45, 2.75) is 13.8 Å². The lowest BCUT2D eigenvalue weighted by molar-refractivity contribution is 0.341. The van der Waals surface area contributed by atoms with Gasteiger partial charge in [-0.15, -0.1) is 22.7 Å². The molecule has 1 N–H and O–H groups in total. The number of aromatic nitrogens is 2. The van der Waals surface area contributed by atoms with E-state index in [9.17, 15) is 5.26 Å². The minimum absolute atomic E-state index is 0.515. The van der Waals surface area contributed by atoms with Crippen LogP contribution in [0.5, 0.6) is 5.75 Å². The van der Waals surface area contributed by atoms with E-state index in [0.29, 0.717) is 23.5 Å². The Kier molecular flexibility index (Phi) is 5.51. The van der Waals surface area contributed by atoms with Crippen LogP contribution in [0.3, 0.4) is 0 Å². The van der Waals surface area contributed by atoms with Crippen LogP contribution >= 0.6 is 22.7 Å². The van der Waals surface area contributed by atoms with E-state index in [-0.39, 0.29) is 0 Å². The van der Waals surface area contributed by atoms with Crippen molar-refractivity contribution < 1.29 is 4.74 Å². The second kappa shape index (κ2) is 8.39. The number of benzene rings is 1. The van der Waals surface area contributed by atoms with Crippen LogP contribution in [-0.2, 0) is 0 Å². The molecule has 0 aliphatic heterocycles. The molecular weight excluding hydrogens is 402 g/mol. The lowest BCUT2D eigenvalue weighted by Gasteiger charge is -2.08. The van der Waals surface area contributed by atoms with Gasteiger partial charge in [-0.25, -0.2) is 9.97 Å². The molecular formula is C21H17N5OS2. The first-order valence-electron chi connectivity index (χ1n) is 8.96. The third-order valence-electron chi connectivity index (χ3n) is 4.27. The summed E-state index contributed by atoms with van der Waals surface area (Å²) in [6, 6.07) is 12.1. The van der Waals surface area contributed by atoms with Crippen molar-refractivity contribution in [3.8, 4) is 22.3 Å². The monoisotopic (exact) mass is 419 g/mol. The van der Waals surface area contributed by atoms with Crippen LogP contribution in [-0.4, -0.2) is 22.8 Å². The van der Waals surface area contributed by atoms with Crippen molar-refractivity contribution in [2.75, 3.05) is 12.0 Å². The summed E-state index contributed by atoms with van der Waals surface area (Å²) in [4.78, 5) is 10.6. The van der Waals surface area contributed by atoms with Crippen molar-refractivity contribution in [2.24, 2.45) is 5.10 Å². The normalized spacial score (nSPS) is 11.1. The molecule has 3 aromatic heterocycles. The number of rotatable bonds is 6. The smallest absolute Gasteiger partial charge is 0.167 e. The Morgan fingerprint density at radius 1 is 1.28 bits per heavy atom. The van der Waals surface area contributed by atoms with Gasteiger partial charge in [0.2, 0.25) is 0 Å². The van der Waals surface area contributed by atoms with Gasteiger partial charge in [0.15, 0.2) is 5.82 Å². The topological polar surface area (TPSA) is 83.2 Å². The van der Waals surface area contributed by atoms with E-state index >= 15 is 0 Å². The molecule has 29 heavy (non-hydrogen) atoms. The minimum atomic E-state index is 0.515. The Bertz CT molecular complexity index is 1240. The number of nitrogens with one attached hydrogen (secondary N) is 1. The molecule has 0 unspecified atom stereocenters. The summed E-state index contributed by atoms with van der Waals surface area (Å²) in [5.74, 6) is 1.31. The Morgan fingerprint density at radius 3 is 2.90 bits per heavy atom. The average molecular weight is 420 g/mol. The van der Waals surface area contributed by atoms with Crippen LogP contribution < -0.4 is 10.2 Å². The van der Waals surface area contributed by atoms with Crippen LogP contribution in [0.25, 0.3) is 20.7 Å². The van der Waals surface area contributed by atoms with Gasteiger partial charge in [0.1, 0.15) is 23.7 Å². The van der Waals surface area contributed by atoms with Gasteiger partial charge in [0, 0.05) is 10.4 Å². The Labute approximate surface area is 176 Å². The van der Waals surface area contributed by atoms with E-state index in [1.807, 2.05) is 43.5 Å². The largest absolute Gasteiger partial charge is 0.493 e. The Morgan fingerprint density at radius 2 is 2.14 bits per heavy atom. The van der Waals surface area contributed by atoms with Crippen LogP contribution in [0.2, 0.25) is 0 Å². The number of anilines is 1. The molecule has 1 aromatic carbocycles. The molecule has 0 atom stereocenters. The molecule has 0 bridgehead atoms. The number of para-hydroxylation sites is 1. The van der Waals surface area contributed by atoms with E-state index in [1.54, 1.807) is 17.6 Å². The summed E-state index contributed by atoms with van der Waals surface area (Å²) in [5.41, 5.74) is 6.17. The maximum absolute atomic E-state index is 9.82. The number of ether oxygens (including phenoxy) is 1. The maximum atomic E-state index is 9.82. The first-order valence-corrected chi connectivity index (χ1v) is 10.7. The highest BCUT2D eigenvalue weighted by Crippen LogP contribution is 2.43. The number of thiophene rings is 2. The van der Waals surface area contributed by atoms with Crippen LogP contribution in [0, 0.1) is 18.3 Å². The van der Waals surface area contributed by atoms with Crippen LogP contribution in [0.15, 0.2) is 47.1 Å². The summed E-state index contributed by atoms with van der Waals surface area (Å²) in [6.45, 7) is 4.53. The van der Waals surface area contributed by atoms with Gasteiger partial charge in [-0.3, -0.25) is 5.43 Å². The number of hydrogen-bond donors (Lipinski definition) is 1. The number of hydrazone groups is 1. The van der Waals surface area contributed by atoms with E-state index in [2.05, 4.69) is 32.6 Å². The zero-order valence-electron chi connectivity index (χ0n) is 15.8. The minimum Gasteiger partial charge on any atom is -0.493 e. The number of fused-ring (bicyclic) bond motifs is 1. The van der Waals surface area contributed by atoms with E-state index in [1.165, 1.54) is 23.2 Å². The van der Waals surface area contributed by atoms with Gasteiger partial charge < -0.3 is 4.74 Å². The van der Waals surface area contributed by atoms with E-state index in [0.717, 1.165) is 25.8 Å². The standard InChI is InChI=1S/C21H17N5OS2/c1-3-27-16-7-5-4-6-14(16)19-15(10-22)18-20(29-19)21(24-12-23-18)26-25-11-17-13(2)8-9-28-17/h4-9,11-12H,3H2,1-2H3,(H,23,24,26). The van der Waals surface area contributed by atoms with E-state index < -0.39 is 0 Å². The number of aryl methyl sites for hydroxylation is 1. The zero-order chi connectivity index (χ0) is 20.2. The first kappa shape index (κ1) is 19.1. The zero-order valence-corrected chi connectivity index (χ0v) is 17.5. The Hall–Kier alpha value is -3.28. The number of hydrogen-bond acceptors (Lipinski definition) is 8. The van der Waals surface area contributed by atoms with Gasteiger partial charge in [-0.2, -0.15) is 10.4 Å². The molecule has 4 aromatic rings. The van der Waals surface area contributed by atoms with Gasteiger partial charge >= 0.3 is 0 Å². The third kappa shape index (κ3) is 3.70. The van der Waals surface area contributed by atoms with E-state index in [4.69, 9.17) is 4.74 Å². The molecule has 4 rings (SSSR count). The highest BCUT2D eigenvalue weighted by molar-refractivity contribution is 7.23. The summed E-state index contributed by atoms with van der Waals surface area (Å²) in [7, 11) is 0. The molecule has 0 saturated heterocycles. The second-order valence-electron chi connectivity index (χ2n) is 6.09. The first-order chi connectivity index (χ1) is 14.2. The molecule has 144 valence electrons. The molecule has 0 fully saturated rings. The van der Waals surface area contributed by atoms with Gasteiger partial charge in [0.05, 0.1) is 28.0 Å². The second-order valence-corrected chi connectivity index (χ2v) is 8.05. The molecule has 0 aliphatic carbocycles. The van der Waals surface area contributed by atoms with Crippen LogP contribution in [0.1, 0.15) is 22.9 Å². The lowest BCUT2D eigenvalue weighted by atomic mass is 10.1. The molecule has 0 aliphatic rings. The molecule has 6 nitrogen and oxygen atoms in total. The quantitative estimate of drug-likeness (QED) is 0.332. The third-order valence-corrected chi connectivity index (χ3v) is 6.44. The number of nitriles is 1. The molecule has 0 saturated carbocycles. The van der Waals surface area contributed by atoms with Gasteiger partial charge in [-0.05, 0) is 43.0 Å². The SMILES string of the molecule is CCOc1ccccc1-c1sc2c(NN=Cc3sccc3C)ncnc2c1C#N. The Balaban J connectivity index is 1.77. The molecule has 8 heteroatoms. The fraction of sp³-hybridized carbons (Fsp3) is 0.143. The summed E-state index contributed by atoms with van der Waals surface area (Å²) in [5, 5.41) is 16.2. The predicted molar refractivity (Wildman–Crippen MR) is 119 cm³/mol. The van der Waals surface area contributed by atoms with Gasteiger partial charge in [-0.1, -0.05) is 12.1 Å². The molecule has 0 spiro atoms. The molecule has 0 amide bonds. The number of nitrogens with zero attached hydrogens (tertiary/aromatic N) is 4. The summed E-state index contributed by atoms with van der Waals surface area (Å²) < 4.78 is 6.54. The molecule has 3 heterocycles. The van der Waals surface area contributed by atoms with Crippen molar-refractivity contribution >= 4 is 44.9 Å².